The Morgan fingerprint density at radius 3 is 2.00 bits per heavy atom. The highest BCUT2D eigenvalue weighted by molar-refractivity contribution is 5.23. The second-order valence-corrected chi connectivity index (χ2v) is 2.44. The molecule has 0 aliphatic rings. The normalized spacial score (nSPS) is 8.80. The van der Waals surface area contributed by atoms with Crippen LogP contribution in [0.15, 0.2) is 16.4 Å². The number of rotatable bonds is 3. The largest absolute Gasteiger partial charge is 0.271 e. The molecule has 0 spiro atoms. The highest BCUT2D eigenvalue weighted by atomic mass is 15.4. The first-order chi connectivity index (χ1) is 4.63. The molecule has 2 heteroatoms. The molecule has 0 amide bonds. The zero-order chi connectivity index (χ0) is 8.15. The lowest BCUT2D eigenvalue weighted by atomic mass is 10.3. The van der Waals surface area contributed by atoms with Crippen LogP contribution in [0, 0.1) is 0 Å². The molecule has 0 aliphatic carbocycles. The van der Waals surface area contributed by atoms with E-state index in [9.17, 15) is 0 Å². The lowest BCUT2D eigenvalue weighted by molar-refractivity contribution is 0.385. The van der Waals surface area contributed by atoms with Gasteiger partial charge in [-0.25, -0.2) is 0 Å². The third kappa shape index (κ3) is 2.21. The summed E-state index contributed by atoms with van der Waals surface area (Å²) in [6, 6.07) is 0. The van der Waals surface area contributed by atoms with Crippen LogP contribution in [0.1, 0.15) is 27.7 Å². The summed E-state index contributed by atoms with van der Waals surface area (Å²) in [6.45, 7) is 12.6. The molecule has 0 aromatic carbocycles. The van der Waals surface area contributed by atoms with Crippen molar-refractivity contribution in [3.05, 3.63) is 11.3 Å². The summed E-state index contributed by atoms with van der Waals surface area (Å²) in [4.78, 5) is 0. The molecule has 0 aromatic heterocycles. The topological polar surface area (TPSA) is 15.6 Å². The van der Waals surface area contributed by atoms with Crippen LogP contribution in [0.4, 0.5) is 0 Å². The van der Waals surface area contributed by atoms with Gasteiger partial charge in [-0.2, -0.15) is 5.10 Å². The zero-order valence-electron chi connectivity index (χ0n) is 7.31. The van der Waals surface area contributed by atoms with Crippen molar-refractivity contribution in [2.75, 3.05) is 6.54 Å². The highest BCUT2D eigenvalue weighted by Crippen LogP contribution is 2.07. The molecule has 10 heavy (non-hydrogen) atoms. The van der Waals surface area contributed by atoms with Crippen LogP contribution in [0.25, 0.3) is 0 Å². The minimum Gasteiger partial charge on any atom is -0.271 e. The molecule has 0 unspecified atom stereocenters. The van der Waals surface area contributed by atoms with Gasteiger partial charge in [-0.3, -0.25) is 5.01 Å². The van der Waals surface area contributed by atoms with Crippen LogP contribution < -0.4 is 0 Å². The molecule has 0 atom stereocenters. The van der Waals surface area contributed by atoms with E-state index in [0.29, 0.717) is 0 Å². The lowest BCUT2D eigenvalue weighted by Crippen LogP contribution is -2.14. The predicted molar refractivity (Wildman–Crippen MR) is 46.0 cm³/mol. The van der Waals surface area contributed by atoms with Gasteiger partial charge in [0.25, 0.3) is 0 Å². The Kier molecular flexibility index (Phi) is 3.77. The minimum absolute atomic E-state index is 0.889. The molecule has 58 valence electrons. The predicted octanol–water partition coefficient (Wildman–Crippen LogP) is 2.24. The Labute approximate surface area is 63.2 Å². The number of hydrogen-bond acceptors (Lipinski definition) is 2. The maximum atomic E-state index is 3.85. The van der Waals surface area contributed by atoms with Crippen molar-refractivity contribution in [3.8, 4) is 0 Å². The Morgan fingerprint density at radius 2 is 1.90 bits per heavy atom. The standard InChI is InChI=1S/C8H16N2/c1-6-10(9-5)8(4)7(2)3/h5-6H2,1-4H3. The summed E-state index contributed by atoms with van der Waals surface area (Å²) >= 11 is 0. The van der Waals surface area contributed by atoms with Crippen molar-refractivity contribution in [1.29, 1.82) is 0 Å². The van der Waals surface area contributed by atoms with Crippen molar-refractivity contribution in [1.82, 2.24) is 5.01 Å². The molecule has 0 aliphatic heterocycles. The quantitative estimate of drug-likeness (QED) is 0.433. The van der Waals surface area contributed by atoms with Crippen LogP contribution >= 0.6 is 0 Å². The summed E-state index contributed by atoms with van der Waals surface area (Å²) in [5.41, 5.74) is 2.48. The molecule has 2 nitrogen and oxygen atoms in total. The molecule has 0 fully saturated rings. The van der Waals surface area contributed by atoms with E-state index in [4.69, 9.17) is 0 Å². The van der Waals surface area contributed by atoms with E-state index in [2.05, 4.69) is 32.6 Å². The van der Waals surface area contributed by atoms with E-state index in [-0.39, 0.29) is 0 Å². The van der Waals surface area contributed by atoms with E-state index in [1.54, 1.807) is 0 Å². The first-order valence-corrected chi connectivity index (χ1v) is 3.51. The van der Waals surface area contributed by atoms with Crippen molar-refractivity contribution in [3.63, 3.8) is 0 Å². The smallest absolute Gasteiger partial charge is 0.0383 e. The molecule has 0 N–H and O–H groups in total. The molecule has 0 rings (SSSR count). The Bertz CT molecular complexity index is 143. The molecule has 0 aromatic rings. The van der Waals surface area contributed by atoms with Gasteiger partial charge in [0.05, 0.1) is 0 Å². The van der Waals surface area contributed by atoms with Crippen LogP contribution in [0.2, 0.25) is 0 Å². The number of nitrogens with zero attached hydrogens (tertiary/aromatic N) is 2. The monoisotopic (exact) mass is 140 g/mol. The molecule has 0 radical (unpaired) electrons. The molecule has 0 bridgehead atoms. The van der Waals surface area contributed by atoms with Gasteiger partial charge in [0, 0.05) is 19.0 Å². The van der Waals surface area contributed by atoms with Crippen molar-refractivity contribution < 1.29 is 0 Å². The van der Waals surface area contributed by atoms with Gasteiger partial charge >= 0.3 is 0 Å². The lowest BCUT2D eigenvalue weighted by Gasteiger charge is -2.17. The highest BCUT2D eigenvalue weighted by Gasteiger charge is 1.98. The van der Waals surface area contributed by atoms with Crippen LogP contribution in [0.3, 0.4) is 0 Å². The fourth-order valence-corrected chi connectivity index (χ4v) is 0.701. The van der Waals surface area contributed by atoms with E-state index < -0.39 is 0 Å². The minimum atomic E-state index is 0.889. The van der Waals surface area contributed by atoms with Crippen molar-refractivity contribution in [2.24, 2.45) is 5.10 Å². The third-order valence-corrected chi connectivity index (χ3v) is 1.58. The van der Waals surface area contributed by atoms with Gasteiger partial charge in [-0.05, 0) is 27.7 Å². The maximum absolute atomic E-state index is 3.85. The molecule has 0 heterocycles. The first-order valence-electron chi connectivity index (χ1n) is 3.51. The van der Waals surface area contributed by atoms with Gasteiger partial charge in [0.1, 0.15) is 0 Å². The molecular weight excluding hydrogens is 124 g/mol. The second kappa shape index (κ2) is 4.09. The fourth-order valence-electron chi connectivity index (χ4n) is 0.701. The van der Waals surface area contributed by atoms with Crippen LogP contribution in [-0.2, 0) is 0 Å². The van der Waals surface area contributed by atoms with E-state index in [1.807, 2.05) is 11.9 Å². The average Bonchev–Trinajstić information content (AvgIpc) is 1.90. The Balaban J connectivity index is 4.29. The van der Waals surface area contributed by atoms with Gasteiger partial charge in [0.15, 0.2) is 0 Å². The summed E-state index contributed by atoms with van der Waals surface area (Å²) in [5.74, 6) is 0. The van der Waals surface area contributed by atoms with Crippen LogP contribution in [0.5, 0.6) is 0 Å². The van der Waals surface area contributed by atoms with E-state index >= 15 is 0 Å². The van der Waals surface area contributed by atoms with Crippen molar-refractivity contribution in [2.45, 2.75) is 27.7 Å². The van der Waals surface area contributed by atoms with Gasteiger partial charge < -0.3 is 0 Å². The first kappa shape index (κ1) is 9.21. The van der Waals surface area contributed by atoms with Gasteiger partial charge in [-0.1, -0.05) is 5.57 Å². The van der Waals surface area contributed by atoms with E-state index in [1.165, 1.54) is 11.3 Å². The number of hydrazone groups is 1. The average molecular weight is 140 g/mol. The fraction of sp³-hybridized carbons (Fsp3) is 0.625. The Morgan fingerprint density at radius 1 is 1.40 bits per heavy atom. The summed E-state index contributed by atoms with van der Waals surface area (Å²) < 4.78 is 0. The molecule has 0 saturated heterocycles. The van der Waals surface area contributed by atoms with Gasteiger partial charge in [-0.15, -0.1) is 0 Å². The van der Waals surface area contributed by atoms with Crippen LogP contribution in [-0.4, -0.2) is 18.3 Å². The maximum Gasteiger partial charge on any atom is 0.0383 e. The summed E-state index contributed by atoms with van der Waals surface area (Å²) in [5, 5.41) is 5.74. The third-order valence-electron chi connectivity index (χ3n) is 1.58. The summed E-state index contributed by atoms with van der Waals surface area (Å²) in [6.07, 6.45) is 0. The zero-order valence-corrected chi connectivity index (χ0v) is 7.31. The van der Waals surface area contributed by atoms with Gasteiger partial charge in [0.2, 0.25) is 0 Å². The summed E-state index contributed by atoms with van der Waals surface area (Å²) in [7, 11) is 0. The number of hydrogen-bond donors (Lipinski definition) is 0. The SMILES string of the molecule is C=NN(CC)C(C)=C(C)C. The van der Waals surface area contributed by atoms with E-state index in [0.717, 1.165) is 6.54 Å². The second-order valence-electron chi connectivity index (χ2n) is 2.44. The Hall–Kier alpha value is -0.790. The molecule has 0 saturated carbocycles. The number of allylic oxidation sites excluding steroid dienone is 2. The van der Waals surface area contributed by atoms with Crippen molar-refractivity contribution >= 4 is 6.72 Å². The molecular formula is C8H16N2.